The molecular formula is C22H29N5O6. The Kier molecular flexibility index (Phi) is 6.43. The zero-order valence-electron chi connectivity index (χ0n) is 18.7. The molecule has 2 atom stereocenters. The summed E-state index contributed by atoms with van der Waals surface area (Å²) in [6.45, 7) is 1.74. The predicted octanol–water partition coefficient (Wildman–Crippen LogP) is 0.460. The lowest BCUT2D eigenvalue weighted by Gasteiger charge is -2.18. The van der Waals surface area contributed by atoms with Gasteiger partial charge in [0.1, 0.15) is 0 Å². The Labute approximate surface area is 189 Å². The summed E-state index contributed by atoms with van der Waals surface area (Å²) >= 11 is 0. The number of benzene rings is 1. The van der Waals surface area contributed by atoms with E-state index in [9.17, 15) is 24.9 Å². The molecule has 33 heavy (non-hydrogen) atoms. The van der Waals surface area contributed by atoms with E-state index in [4.69, 9.17) is 4.74 Å². The fraction of sp³-hybridized carbons (Fsp3) is 0.500. The topological polar surface area (TPSA) is 144 Å². The largest absolute Gasteiger partial charge is 0.504 e. The van der Waals surface area contributed by atoms with Gasteiger partial charge in [0.2, 0.25) is 5.95 Å². The molecule has 0 saturated heterocycles. The maximum absolute atomic E-state index is 13.3. The molecule has 4 rings (SSSR count). The number of hydrogen-bond donors (Lipinski definition) is 4. The Morgan fingerprint density at radius 2 is 2.00 bits per heavy atom. The molecule has 1 fully saturated rings. The lowest BCUT2D eigenvalue weighted by molar-refractivity contribution is 0.171. The van der Waals surface area contributed by atoms with Crippen LogP contribution in [-0.4, -0.2) is 59.9 Å². The quantitative estimate of drug-likeness (QED) is 0.380. The lowest BCUT2D eigenvalue weighted by atomic mass is 10.2. The monoisotopic (exact) mass is 459 g/mol. The molecule has 1 aliphatic carbocycles. The minimum absolute atomic E-state index is 0.0125. The number of aliphatic hydroxyl groups is 2. The van der Waals surface area contributed by atoms with Crippen molar-refractivity contribution in [2.45, 2.75) is 58.0 Å². The van der Waals surface area contributed by atoms with Crippen molar-refractivity contribution < 1.29 is 20.1 Å². The molecule has 0 amide bonds. The van der Waals surface area contributed by atoms with Gasteiger partial charge in [0.05, 0.1) is 39.0 Å². The Morgan fingerprint density at radius 1 is 1.21 bits per heavy atom. The van der Waals surface area contributed by atoms with E-state index in [-0.39, 0.29) is 49.2 Å². The second-order valence-corrected chi connectivity index (χ2v) is 8.16. The van der Waals surface area contributed by atoms with Crippen molar-refractivity contribution >= 4 is 17.1 Å². The molecule has 0 radical (unpaired) electrons. The summed E-state index contributed by atoms with van der Waals surface area (Å²) in [5.74, 6) is 0.624. The van der Waals surface area contributed by atoms with Gasteiger partial charge in [-0.3, -0.25) is 18.5 Å². The molecule has 1 saturated carbocycles. The van der Waals surface area contributed by atoms with Gasteiger partial charge in [-0.25, -0.2) is 4.79 Å². The van der Waals surface area contributed by atoms with Gasteiger partial charge in [-0.05, 0) is 43.9 Å². The van der Waals surface area contributed by atoms with Crippen LogP contribution in [-0.2, 0) is 19.6 Å². The molecule has 11 nitrogen and oxygen atoms in total. The number of nitrogens with one attached hydrogen (secondary N) is 1. The average Bonchev–Trinajstić information content (AvgIpc) is 3.35. The molecule has 2 aromatic heterocycles. The fourth-order valence-corrected chi connectivity index (χ4v) is 4.43. The maximum atomic E-state index is 13.3. The standard InChI is InChI=1S/C22H29N5O6/c1-3-25-20(31)18-19(26(9-10-28)22(25)32)24-21(23-14-5-4-6-15(14)29)27(18)12-13-7-8-17(33-2)16(30)11-13/h7-8,11,14-15,28-30H,3-6,9-10,12H2,1-2H3,(H,23,24)/t14-,15-/m1/s1. The van der Waals surface area contributed by atoms with Gasteiger partial charge < -0.3 is 25.4 Å². The van der Waals surface area contributed by atoms with E-state index < -0.39 is 17.4 Å². The average molecular weight is 460 g/mol. The number of ether oxygens (including phenoxy) is 1. The van der Waals surface area contributed by atoms with Crippen molar-refractivity contribution in [3.05, 3.63) is 44.6 Å². The number of rotatable bonds is 8. The van der Waals surface area contributed by atoms with E-state index in [1.165, 1.54) is 11.7 Å². The van der Waals surface area contributed by atoms with Gasteiger partial charge in [-0.1, -0.05) is 6.07 Å². The molecular weight excluding hydrogens is 430 g/mol. The number of anilines is 1. The Bertz CT molecular complexity index is 1280. The zero-order chi connectivity index (χ0) is 23.7. The summed E-state index contributed by atoms with van der Waals surface area (Å²) in [5.41, 5.74) is 0.0248. The van der Waals surface area contributed by atoms with E-state index >= 15 is 0 Å². The number of imidazole rings is 1. The maximum Gasteiger partial charge on any atom is 0.332 e. The zero-order valence-corrected chi connectivity index (χ0v) is 18.7. The van der Waals surface area contributed by atoms with Crippen LogP contribution in [0.3, 0.4) is 0 Å². The summed E-state index contributed by atoms with van der Waals surface area (Å²) in [5, 5.41) is 33.3. The highest BCUT2D eigenvalue weighted by Crippen LogP contribution is 2.29. The van der Waals surface area contributed by atoms with Crippen LogP contribution >= 0.6 is 0 Å². The second-order valence-electron chi connectivity index (χ2n) is 8.16. The van der Waals surface area contributed by atoms with Crippen LogP contribution < -0.4 is 21.3 Å². The molecule has 0 spiro atoms. The van der Waals surface area contributed by atoms with E-state index in [2.05, 4.69) is 10.3 Å². The van der Waals surface area contributed by atoms with Crippen molar-refractivity contribution in [2.24, 2.45) is 0 Å². The predicted molar refractivity (Wildman–Crippen MR) is 122 cm³/mol. The third kappa shape index (κ3) is 4.09. The van der Waals surface area contributed by atoms with Crippen LogP contribution in [0.2, 0.25) is 0 Å². The van der Waals surface area contributed by atoms with Crippen molar-refractivity contribution in [2.75, 3.05) is 19.0 Å². The Balaban J connectivity index is 1.93. The normalized spacial score (nSPS) is 18.2. The van der Waals surface area contributed by atoms with E-state index in [1.54, 1.807) is 29.7 Å². The van der Waals surface area contributed by atoms with Gasteiger partial charge in [0.15, 0.2) is 22.7 Å². The third-order valence-electron chi connectivity index (χ3n) is 6.13. The summed E-state index contributed by atoms with van der Waals surface area (Å²) < 4.78 is 9.16. The van der Waals surface area contributed by atoms with Gasteiger partial charge in [-0.15, -0.1) is 0 Å². The molecule has 4 N–H and O–H groups in total. The Hall–Kier alpha value is -3.31. The number of aromatic hydroxyl groups is 1. The molecule has 11 heteroatoms. The first kappa shape index (κ1) is 22.9. The highest BCUT2D eigenvalue weighted by Gasteiger charge is 2.28. The molecule has 178 valence electrons. The first-order chi connectivity index (χ1) is 15.9. The van der Waals surface area contributed by atoms with Gasteiger partial charge in [-0.2, -0.15) is 4.98 Å². The van der Waals surface area contributed by atoms with Crippen LogP contribution in [0.15, 0.2) is 27.8 Å². The molecule has 2 heterocycles. The first-order valence-corrected chi connectivity index (χ1v) is 11.0. The molecule has 0 aliphatic heterocycles. The van der Waals surface area contributed by atoms with E-state index in [1.807, 2.05) is 0 Å². The molecule has 1 aromatic carbocycles. The number of aromatic nitrogens is 4. The summed E-state index contributed by atoms with van der Waals surface area (Å²) in [4.78, 5) is 30.8. The highest BCUT2D eigenvalue weighted by atomic mass is 16.5. The number of fused-ring (bicyclic) bond motifs is 1. The smallest absolute Gasteiger partial charge is 0.332 e. The van der Waals surface area contributed by atoms with E-state index in [0.717, 1.165) is 17.4 Å². The van der Waals surface area contributed by atoms with Crippen LogP contribution in [0.25, 0.3) is 11.2 Å². The number of hydrogen-bond acceptors (Lipinski definition) is 8. The van der Waals surface area contributed by atoms with Crippen LogP contribution in [0, 0.1) is 0 Å². The molecule has 0 bridgehead atoms. The van der Waals surface area contributed by atoms with E-state index in [0.29, 0.717) is 23.7 Å². The number of nitrogens with zero attached hydrogens (tertiary/aromatic N) is 4. The molecule has 1 aliphatic rings. The second kappa shape index (κ2) is 9.28. The fourth-order valence-electron chi connectivity index (χ4n) is 4.43. The SMILES string of the molecule is CCn1c(=O)c2c(nc(N[C@@H]3CCC[C@H]3O)n2Cc2ccc(OC)c(O)c2)n(CCO)c1=O. The minimum Gasteiger partial charge on any atom is -0.504 e. The van der Waals surface area contributed by atoms with Crippen molar-refractivity contribution in [3.63, 3.8) is 0 Å². The highest BCUT2D eigenvalue weighted by molar-refractivity contribution is 5.74. The van der Waals surface area contributed by atoms with Gasteiger partial charge in [0.25, 0.3) is 5.56 Å². The summed E-state index contributed by atoms with van der Waals surface area (Å²) in [6, 6.07) is 4.70. The van der Waals surface area contributed by atoms with Gasteiger partial charge in [0, 0.05) is 6.54 Å². The molecule has 3 aromatic rings. The van der Waals surface area contributed by atoms with Crippen molar-refractivity contribution in [3.8, 4) is 11.5 Å². The minimum atomic E-state index is -0.546. The number of aliphatic hydroxyl groups excluding tert-OH is 2. The summed E-state index contributed by atoms with van der Waals surface area (Å²) in [7, 11) is 1.46. The number of phenols is 1. The number of phenolic OH excluding ortho intramolecular Hbond substituents is 1. The van der Waals surface area contributed by atoms with Crippen LogP contribution in [0.5, 0.6) is 11.5 Å². The van der Waals surface area contributed by atoms with Crippen LogP contribution in [0.4, 0.5) is 5.95 Å². The first-order valence-electron chi connectivity index (χ1n) is 11.0. The van der Waals surface area contributed by atoms with Crippen LogP contribution in [0.1, 0.15) is 31.7 Å². The van der Waals surface area contributed by atoms with Crippen molar-refractivity contribution in [1.29, 1.82) is 0 Å². The number of methoxy groups -OCH3 is 1. The van der Waals surface area contributed by atoms with Gasteiger partial charge >= 0.3 is 5.69 Å². The Morgan fingerprint density at radius 3 is 2.61 bits per heavy atom. The van der Waals surface area contributed by atoms with Crippen molar-refractivity contribution in [1.82, 2.24) is 18.7 Å². The lowest BCUT2D eigenvalue weighted by Crippen LogP contribution is -2.40. The summed E-state index contributed by atoms with van der Waals surface area (Å²) in [6.07, 6.45) is 1.73. The molecule has 0 unspecified atom stereocenters. The third-order valence-corrected chi connectivity index (χ3v) is 6.13.